The Morgan fingerprint density at radius 2 is 1.24 bits per heavy atom. The lowest BCUT2D eigenvalue weighted by molar-refractivity contribution is -0.431. The van der Waals surface area contributed by atoms with E-state index in [4.69, 9.17) is 0 Å². The van der Waals surface area contributed by atoms with Crippen molar-refractivity contribution in [2.24, 2.45) is 0 Å². The fourth-order valence-electron chi connectivity index (χ4n) is 5.91. The Morgan fingerprint density at radius 1 is 0.683 bits per heavy atom. The van der Waals surface area contributed by atoms with Crippen molar-refractivity contribution >= 4 is 10.8 Å². The van der Waals surface area contributed by atoms with E-state index in [-0.39, 0.29) is 11.5 Å². The monoisotopic (exact) mass is 574 g/mol. The summed E-state index contributed by atoms with van der Waals surface area (Å²) in [5.41, 5.74) is 1.55. The molecule has 216 valence electrons. The molecule has 1 aliphatic rings. The molecule has 0 aromatic heterocycles. The van der Waals surface area contributed by atoms with E-state index in [2.05, 4.69) is 48.1 Å². The summed E-state index contributed by atoms with van der Waals surface area (Å²) in [7, 11) is 0. The normalized spacial score (nSPS) is 18.1. The van der Waals surface area contributed by atoms with Gasteiger partial charge in [0.05, 0.1) is 11.1 Å². The molecule has 4 aromatic rings. The molecule has 5 rings (SSSR count). The third-order valence-corrected chi connectivity index (χ3v) is 7.96. The van der Waals surface area contributed by atoms with Gasteiger partial charge in [0.15, 0.2) is 0 Å². The Kier molecular flexibility index (Phi) is 8.15. The van der Waals surface area contributed by atoms with E-state index >= 15 is 8.78 Å². The lowest BCUT2D eigenvalue weighted by Crippen LogP contribution is -2.27. The van der Waals surface area contributed by atoms with Gasteiger partial charge in [0.25, 0.3) is 0 Å². The third-order valence-electron chi connectivity index (χ3n) is 7.96. The molecule has 1 nitrogen and oxygen atoms in total. The Morgan fingerprint density at radius 3 is 1.83 bits per heavy atom. The van der Waals surface area contributed by atoms with Crippen LogP contribution in [0.15, 0.2) is 72.8 Å². The highest BCUT2D eigenvalue weighted by atomic mass is 19.4. The minimum Gasteiger partial charge on any atom is -0.222 e. The fourth-order valence-corrected chi connectivity index (χ4v) is 5.91. The number of hydrogen-bond donors (Lipinski definition) is 0. The van der Waals surface area contributed by atoms with Gasteiger partial charge in [-0.1, -0.05) is 61.9 Å². The zero-order chi connectivity index (χ0) is 29.4. The van der Waals surface area contributed by atoms with Crippen molar-refractivity contribution in [2.75, 3.05) is 0 Å². The van der Waals surface area contributed by atoms with Crippen LogP contribution in [0.5, 0.6) is 0 Å². The number of hydrogen-bond acceptors (Lipinski definition) is 1. The molecule has 1 aliphatic carbocycles. The first-order valence-corrected chi connectivity index (χ1v) is 13.7. The van der Waals surface area contributed by atoms with Gasteiger partial charge in [-0.2, -0.15) is 8.78 Å². The molecule has 0 heterocycles. The predicted molar refractivity (Wildman–Crippen MR) is 145 cm³/mol. The summed E-state index contributed by atoms with van der Waals surface area (Å²) in [6, 6.07) is 18.9. The number of fused-ring (bicyclic) bond motifs is 1. The highest BCUT2D eigenvalue weighted by Crippen LogP contribution is 2.43. The van der Waals surface area contributed by atoms with Crippen LogP contribution >= 0.6 is 0 Å². The molecule has 0 bridgehead atoms. The van der Waals surface area contributed by atoms with Crippen molar-refractivity contribution in [3.63, 3.8) is 0 Å². The zero-order valence-electron chi connectivity index (χ0n) is 22.4. The van der Waals surface area contributed by atoms with E-state index in [1.165, 1.54) is 34.0 Å². The lowest BCUT2D eigenvalue weighted by Gasteiger charge is -2.29. The summed E-state index contributed by atoms with van der Waals surface area (Å²) in [6.07, 6.45) is -4.75. The molecular weight excluding hydrogens is 545 g/mol. The van der Waals surface area contributed by atoms with E-state index in [0.29, 0.717) is 23.6 Å². The summed E-state index contributed by atoms with van der Waals surface area (Å²) in [5, 5.41) is 2.42. The molecule has 0 spiro atoms. The Bertz CT molecular complexity index is 1490. The van der Waals surface area contributed by atoms with Gasteiger partial charge < -0.3 is 0 Å². The number of alkyl halides is 5. The van der Waals surface area contributed by atoms with E-state index in [1.807, 2.05) is 0 Å². The topological polar surface area (TPSA) is 9.23 Å². The van der Waals surface area contributed by atoms with Gasteiger partial charge in [0, 0.05) is 0 Å². The summed E-state index contributed by atoms with van der Waals surface area (Å²) in [5.74, 6) is -1.38. The van der Waals surface area contributed by atoms with Crippen LogP contribution in [-0.4, -0.2) is 6.36 Å². The van der Waals surface area contributed by atoms with Gasteiger partial charge in [-0.3, -0.25) is 0 Å². The number of benzene rings is 4. The Balaban J connectivity index is 1.28. The molecular formula is C33H29F7O. The second-order valence-corrected chi connectivity index (χ2v) is 10.7. The number of ether oxygens (including phenoxy) is 1. The van der Waals surface area contributed by atoms with Crippen LogP contribution in [-0.2, 0) is 17.3 Å². The maximum Gasteiger partial charge on any atom is 0.527 e. The molecule has 4 aromatic carbocycles. The van der Waals surface area contributed by atoms with Crippen molar-refractivity contribution in [1.29, 1.82) is 0 Å². The first-order valence-electron chi connectivity index (χ1n) is 13.7. The van der Waals surface area contributed by atoms with Gasteiger partial charge in [0.1, 0.15) is 11.6 Å². The SMILES string of the molecule is CCCc1ccc2cc(C3CCC(c4cc(F)c(-c5ccc(C(F)(F)OC(F)(F)F)cc5)c(F)c4)CC3)ccc2c1. The maximum atomic E-state index is 15.1. The van der Waals surface area contributed by atoms with Crippen LogP contribution in [0, 0.1) is 11.6 Å². The fraction of sp³-hybridized carbons (Fsp3) is 0.333. The first-order chi connectivity index (χ1) is 19.4. The minimum atomic E-state index is -5.55. The smallest absolute Gasteiger partial charge is 0.222 e. The molecule has 0 N–H and O–H groups in total. The molecule has 0 saturated heterocycles. The lowest BCUT2D eigenvalue weighted by atomic mass is 9.75. The van der Waals surface area contributed by atoms with E-state index in [1.54, 1.807) is 0 Å². The van der Waals surface area contributed by atoms with E-state index < -0.39 is 35.2 Å². The predicted octanol–water partition coefficient (Wildman–Crippen LogP) is 10.8. The van der Waals surface area contributed by atoms with Crippen molar-refractivity contribution in [2.45, 2.75) is 69.8 Å². The first kappa shape index (κ1) is 29.1. The van der Waals surface area contributed by atoms with Crippen LogP contribution in [0.3, 0.4) is 0 Å². The third kappa shape index (κ3) is 6.58. The van der Waals surface area contributed by atoms with Gasteiger partial charge in [0.2, 0.25) is 0 Å². The number of aryl methyl sites for hydroxylation is 1. The zero-order valence-corrected chi connectivity index (χ0v) is 22.4. The van der Waals surface area contributed by atoms with Crippen LogP contribution < -0.4 is 0 Å². The molecule has 0 atom stereocenters. The molecule has 0 unspecified atom stereocenters. The van der Waals surface area contributed by atoms with Crippen molar-refractivity contribution in [1.82, 2.24) is 0 Å². The van der Waals surface area contributed by atoms with Gasteiger partial charge >= 0.3 is 12.5 Å². The molecule has 41 heavy (non-hydrogen) atoms. The maximum absolute atomic E-state index is 15.1. The molecule has 8 heteroatoms. The van der Waals surface area contributed by atoms with Crippen molar-refractivity contribution in [3.05, 3.63) is 107 Å². The molecule has 0 aliphatic heterocycles. The quantitative estimate of drug-likeness (QED) is 0.200. The molecule has 1 saturated carbocycles. The van der Waals surface area contributed by atoms with Crippen LogP contribution in [0.4, 0.5) is 30.7 Å². The van der Waals surface area contributed by atoms with Crippen molar-refractivity contribution < 1.29 is 35.5 Å². The average Bonchev–Trinajstić information content (AvgIpc) is 2.92. The van der Waals surface area contributed by atoms with E-state index in [9.17, 15) is 22.0 Å². The minimum absolute atomic E-state index is 0.0260. The summed E-state index contributed by atoms with van der Waals surface area (Å²) in [4.78, 5) is 0. The Hall–Kier alpha value is -3.39. The standard InChI is InChI=1S/C33H29F7O/c1-2-3-20-4-5-26-17-25(11-10-24(26)16-20)21-6-8-22(9-7-21)27-18-29(34)31(30(35)19-27)23-12-14-28(15-13-23)32(36,37)41-33(38,39)40/h4-5,10-19,21-22H,2-3,6-9H2,1H3. The summed E-state index contributed by atoms with van der Waals surface area (Å²) < 4.78 is 97.4. The molecule has 0 radical (unpaired) electrons. The second kappa shape index (κ2) is 11.5. The number of rotatable bonds is 7. The largest absolute Gasteiger partial charge is 0.527 e. The van der Waals surface area contributed by atoms with Crippen LogP contribution in [0.2, 0.25) is 0 Å². The Labute approximate surface area is 234 Å². The highest BCUT2D eigenvalue weighted by Gasteiger charge is 2.46. The number of halogens is 7. The second-order valence-electron chi connectivity index (χ2n) is 10.7. The molecule has 0 amide bonds. The van der Waals surface area contributed by atoms with Crippen LogP contribution in [0.1, 0.15) is 73.1 Å². The van der Waals surface area contributed by atoms with Gasteiger partial charge in [-0.15, -0.1) is 13.2 Å². The average molecular weight is 575 g/mol. The van der Waals surface area contributed by atoms with Gasteiger partial charge in [-0.25, -0.2) is 13.5 Å². The van der Waals surface area contributed by atoms with E-state index in [0.717, 1.165) is 50.7 Å². The van der Waals surface area contributed by atoms with Crippen LogP contribution in [0.25, 0.3) is 21.9 Å². The van der Waals surface area contributed by atoms with Gasteiger partial charge in [-0.05, 0) is 101 Å². The summed E-state index contributed by atoms with van der Waals surface area (Å²) >= 11 is 0. The molecule has 1 fully saturated rings. The van der Waals surface area contributed by atoms with Crippen molar-refractivity contribution in [3.8, 4) is 11.1 Å². The highest BCUT2D eigenvalue weighted by molar-refractivity contribution is 5.84. The summed E-state index contributed by atoms with van der Waals surface area (Å²) in [6.45, 7) is 2.16.